The lowest BCUT2D eigenvalue weighted by atomic mass is 9.61. The number of allylic oxidation sites excluding steroid dienone is 6. The van der Waals surface area contributed by atoms with Gasteiger partial charge in [-0.1, -0.05) is 69.7 Å². The first-order chi connectivity index (χ1) is 13.3. The molecular formula is C27H42O. The summed E-state index contributed by atoms with van der Waals surface area (Å²) < 4.78 is 0. The van der Waals surface area contributed by atoms with E-state index in [1.165, 1.54) is 68.9 Å². The summed E-state index contributed by atoms with van der Waals surface area (Å²) in [7, 11) is 0. The van der Waals surface area contributed by atoms with Crippen LogP contribution < -0.4 is 0 Å². The van der Waals surface area contributed by atoms with Crippen LogP contribution >= 0.6 is 0 Å². The van der Waals surface area contributed by atoms with E-state index in [0.29, 0.717) is 17.3 Å². The van der Waals surface area contributed by atoms with Crippen molar-refractivity contribution in [1.29, 1.82) is 0 Å². The summed E-state index contributed by atoms with van der Waals surface area (Å²) in [4.78, 5) is 0. The molecule has 0 saturated heterocycles. The van der Waals surface area contributed by atoms with Crippen LogP contribution in [0.2, 0.25) is 0 Å². The largest absolute Gasteiger partial charge is 0.389 e. The maximum atomic E-state index is 10.2. The Bertz CT molecular complexity index is 649. The molecule has 3 rings (SSSR count). The number of aliphatic hydroxyl groups is 1. The predicted octanol–water partition coefficient (Wildman–Crippen LogP) is 7.40. The van der Waals surface area contributed by atoms with Gasteiger partial charge in [0.25, 0.3) is 0 Å². The SMILES string of the molecule is C=C1CCCCC1=CC=C1CCC[C@]2(C)[C@@H]([C@H](C)C=CC(O)C(C)C)CC[C@@H]12. The lowest BCUT2D eigenvalue weighted by Crippen LogP contribution is -2.35. The second-order valence-electron chi connectivity index (χ2n) is 10.3. The van der Waals surface area contributed by atoms with E-state index in [-0.39, 0.29) is 6.10 Å². The number of hydrogen-bond acceptors (Lipinski definition) is 1. The third-order valence-corrected chi connectivity index (χ3v) is 8.09. The number of hydrogen-bond donors (Lipinski definition) is 1. The quantitative estimate of drug-likeness (QED) is 0.491. The molecule has 28 heavy (non-hydrogen) atoms. The van der Waals surface area contributed by atoms with Gasteiger partial charge in [-0.15, -0.1) is 0 Å². The van der Waals surface area contributed by atoms with Crippen LogP contribution in [0.4, 0.5) is 0 Å². The normalized spacial score (nSPS) is 36.4. The standard InChI is InChI=1S/C27H42O/c1-19(2)26(28)17-12-21(4)24-15-16-25-23(11-8-18-27(24,25)5)14-13-22-10-7-6-9-20(22)3/h12-14,17,19,21,24-26,28H,3,6-11,15-16,18H2,1-2,4-5H3/t21-,24-,25+,26?,27-/m1/s1. The van der Waals surface area contributed by atoms with E-state index in [2.05, 4.69) is 52.5 Å². The zero-order valence-corrected chi connectivity index (χ0v) is 18.7. The Labute approximate surface area is 173 Å². The van der Waals surface area contributed by atoms with E-state index in [1.807, 2.05) is 6.08 Å². The van der Waals surface area contributed by atoms with Crippen LogP contribution in [0.1, 0.15) is 85.5 Å². The molecule has 0 radical (unpaired) electrons. The summed E-state index contributed by atoms with van der Waals surface area (Å²) in [6, 6.07) is 0. The van der Waals surface area contributed by atoms with E-state index in [9.17, 15) is 5.11 Å². The molecule has 0 aromatic rings. The van der Waals surface area contributed by atoms with Crippen molar-refractivity contribution in [3.63, 3.8) is 0 Å². The van der Waals surface area contributed by atoms with Gasteiger partial charge in [-0.3, -0.25) is 0 Å². The second-order valence-corrected chi connectivity index (χ2v) is 10.3. The smallest absolute Gasteiger partial charge is 0.0743 e. The Morgan fingerprint density at radius 1 is 1.00 bits per heavy atom. The van der Waals surface area contributed by atoms with Gasteiger partial charge in [-0.2, -0.15) is 0 Å². The van der Waals surface area contributed by atoms with Gasteiger partial charge in [0.1, 0.15) is 0 Å². The Hall–Kier alpha value is -1.08. The van der Waals surface area contributed by atoms with Crippen molar-refractivity contribution in [2.45, 2.75) is 91.6 Å². The minimum absolute atomic E-state index is 0.294. The van der Waals surface area contributed by atoms with Gasteiger partial charge in [0, 0.05) is 0 Å². The molecule has 1 unspecified atom stereocenters. The predicted molar refractivity (Wildman–Crippen MR) is 121 cm³/mol. The zero-order valence-electron chi connectivity index (χ0n) is 18.7. The van der Waals surface area contributed by atoms with E-state index in [4.69, 9.17) is 0 Å². The van der Waals surface area contributed by atoms with Crippen LogP contribution in [0.5, 0.6) is 0 Å². The van der Waals surface area contributed by atoms with Gasteiger partial charge in [-0.25, -0.2) is 0 Å². The van der Waals surface area contributed by atoms with Crippen molar-refractivity contribution in [1.82, 2.24) is 0 Å². The average Bonchev–Trinajstić information content (AvgIpc) is 3.02. The van der Waals surface area contributed by atoms with Crippen molar-refractivity contribution in [3.8, 4) is 0 Å². The molecule has 0 amide bonds. The monoisotopic (exact) mass is 382 g/mol. The Balaban J connectivity index is 1.74. The van der Waals surface area contributed by atoms with Gasteiger partial charge in [0.05, 0.1) is 6.10 Å². The molecule has 0 aromatic heterocycles. The summed E-state index contributed by atoms with van der Waals surface area (Å²) >= 11 is 0. The van der Waals surface area contributed by atoms with E-state index < -0.39 is 0 Å². The highest BCUT2D eigenvalue weighted by molar-refractivity contribution is 5.35. The van der Waals surface area contributed by atoms with E-state index in [0.717, 1.165) is 11.8 Å². The number of aliphatic hydroxyl groups excluding tert-OH is 1. The maximum Gasteiger partial charge on any atom is 0.0743 e. The van der Waals surface area contributed by atoms with Gasteiger partial charge in [-0.05, 0) is 92.4 Å². The Morgan fingerprint density at radius 2 is 1.75 bits per heavy atom. The molecule has 0 aromatic carbocycles. The first kappa shape index (κ1) is 21.6. The minimum atomic E-state index is -0.315. The molecule has 0 aliphatic heterocycles. The van der Waals surface area contributed by atoms with Crippen molar-refractivity contribution in [3.05, 3.63) is 47.6 Å². The van der Waals surface area contributed by atoms with Gasteiger partial charge < -0.3 is 5.11 Å². The number of rotatable bonds is 5. The van der Waals surface area contributed by atoms with Gasteiger partial charge in [0.15, 0.2) is 0 Å². The second kappa shape index (κ2) is 9.16. The summed E-state index contributed by atoms with van der Waals surface area (Å²) in [5.41, 5.74) is 4.98. The summed E-state index contributed by atoms with van der Waals surface area (Å²) in [5.74, 6) is 2.31. The zero-order chi connectivity index (χ0) is 20.3. The van der Waals surface area contributed by atoms with Crippen LogP contribution in [0.15, 0.2) is 47.6 Å². The van der Waals surface area contributed by atoms with Crippen molar-refractivity contribution in [2.75, 3.05) is 0 Å². The molecule has 3 aliphatic carbocycles. The van der Waals surface area contributed by atoms with Crippen LogP contribution in [-0.2, 0) is 0 Å². The maximum absolute atomic E-state index is 10.2. The first-order valence-electron chi connectivity index (χ1n) is 11.8. The van der Waals surface area contributed by atoms with Crippen molar-refractivity contribution in [2.24, 2.45) is 29.1 Å². The fraction of sp³-hybridized carbons (Fsp3) is 0.704. The minimum Gasteiger partial charge on any atom is -0.389 e. The van der Waals surface area contributed by atoms with Crippen LogP contribution in [0, 0.1) is 29.1 Å². The molecule has 1 N–H and O–H groups in total. The fourth-order valence-electron chi connectivity index (χ4n) is 6.19. The van der Waals surface area contributed by atoms with Crippen LogP contribution in [0.3, 0.4) is 0 Å². The van der Waals surface area contributed by atoms with Crippen LogP contribution in [0.25, 0.3) is 0 Å². The van der Waals surface area contributed by atoms with Crippen molar-refractivity contribution >= 4 is 0 Å². The molecular weight excluding hydrogens is 340 g/mol. The molecule has 3 saturated carbocycles. The third-order valence-electron chi connectivity index (χ3n) is 8.09. The highest BCUT2D eigenvalue weighted by Gasteiger charge is 2.50. The highest BCUT2D eigenvalue weighted by Crippen LogP contribution is 2.59. The Morgan fingerprint density at radius 3 is 2.46 bits per heavy atom. The summed E-state index contributed by atoms with van der Waals surface area (Å²) in [5, 5.41) is 10.2. The lowest BCUT2D eigenvalue weighted by molar-refractivity contribution is 0.111. The molecule has 0 heterocycles. The van der Waals surface area contributed by atoms with Gasteiger partial charge >= 0.3 is 0 Å². The van der Waals surface area contributed by atoms with E-state index >= 15 is 0 Å². The number of fused-ring (bicyclic) bond motifs is 1. The third kappa shape index (κ3) is 4.56. The molecule has 1 heteroatoms. The molecule has 3 fully saturated rings. The van der Waals surface area contributed by atoms with Crippen LogP contribution in [-0.4, -0.2) is 11.2 Å². The molecule has 5 atom stereocenters. The topological polar surface area (TPSA) is 20.2 Å². The average molecular weight is 383 g/mol. The Kier molecular flexibility index (Phi) is 7.07. The molecule has 0 spiro atoms. The molecule has 3 aliphatic rings. The summed E-state index contributed by atoms with van der Waals surface area (Å²) in [6.45, 7) is 13.4. The molecule has 0 bridgehead atoms. The fourth-order valence-corrected chi connectivity index (χ4v) is 6.19. The first-order valence-corrected chi connectivity index (χ1v) is 11.8. The molecule has 156 valence electrons. The highest BCUT2D eigenvalue weighted by atomic mass is 16.3. The molecule has 1 nitrogen and oxygen atoms in total. The van der Waals surface area contributed by atoms with Gasteiger partial charge in [0.2, 0.25) is 0 Å². The summed E-state index contributed by atoms with van der Waals surface area (Å²) in [6.07, 6.45) is 20.6. The van der Waals surface area contributed by atoms with E-state index in [1.54, 1.807) is 5.57 Å². The lowest BCUT2D eigenvalue weighted by Gasteiger charge is -2.44. The van der Waals surface area contributed by atoms with Crippen molar-refractivity contribution < 1.29 is 5.11 Å².